The smallest absolute Gasteiger partial charge is 0.270 e. The second-order valence-corrected chi connectivity index (χ2v) is 20.0. The van der Waals surface area contributed by atoms with Gasteiger partial charge in [0.1, 0.15) is 47.6 Å². The number of carbonyl (C=O) groups excluding carboxylic acids is 11. The molecule has 0 spiro atoms. The van der Waals surface area contributed by atoms with Gasteiger partial charge in [-0.3, -0.25) is 57.6 Å². The number of phenolic OH excluding ortho intramolecular Hbond substituents is 2. The van der Waals surface area contributed by atoms with Crippen molar-refractivity contribution in [2.24, 2.45) is 11.8 Å². The number of ether oxygens (including phenoxy) is 3. The molecule has 1 fully saturated rings. The molecular formula is C51H63N7O20. The molecule has 2 heterocycles. The number of carbonyl (C=O) groups is 11. The number of fused-ring (bicyclic) bond motifs is 3. The Balaban J connectivity index is 1.09. The zero-order chi connectivity index (χ0) is 57.7. The summed E-state index contributed by atoms with van der Waals surface area (Å²) in [6.07, 6.45) is -7.72. The van der Waals surface area contributed by atoms with E-state index in [9.17, 15) is 83.4 Å². The van der Waals surface area contributed by atoms with Gasteiger partial charge in [-0.2, -0.15) is 0 Å². The minimum Gasteiger partial charge on any atom is -0.507 e. The number of hydrogen-bond donors (Lipinski definition) is 12. The summed E-state index contributed by atoms with van der Waals surface area (Å²) in [6, 6.07) is 0.388. The normalized spacial score (nSPS) is 22.6. The van der Waals surface area contributed by atoms with Gasteiger partial charge in [-0.05, 0) is 31.2 Å². The van der Waals surface area contributed by atoms with Crippen LogP contribution < -0.4 is 36.6 Å². The number of phenols is 2. The molecule has 2 aliphatic heterocycles. The number of benzene rings is 2. The molecule has 27 nitrogen and oxygen atoms in total. The molecule has 422 valence electrons. The maximum absolute atomic E-state index is 14.1. The number of aliphatic hydroxyl groups excluding tert-OH is 3. The molecule has 78 heavy (non-hydrogen) atoms. The number of ketones is 3. The molecule has 27 heteroatoms. The number of rotatable bonds is 22. The monoisotopic (exact) mass is 1090 g/mol. The number of aliphatic hydroxyl groups is 4. The van der Waals surface area contributed by atoms with Crippen molar-refractivity contribution in [3.05, 3.63) is 63.7 Å². The van der Waals surface area contributed by atoms with E-state index in [-0.39, 0.29) is 59.7 Å². The van der Waals surface area contributed by atoms with Crippen molar-refractivity contribution in [1.29, 1.82) is 0 Å². The highest BCUT2D eigenvalue weighted by Gasteiger charge is 2.51. The van der Waals surface area contributed by atoms with Crippen LogP contribution in [0, 0.1) is 11.8 Å². The van der Waals surface area contributed by atoms with E-state index in [0.29, 0.717) is 0 Å². The Hall–Kier alpha value is -7.69. The number of aromatic hydroxyl groups is 2. The summed E-state index contributed by atoms with van der Waals surface area (Å²) >= 11 is 0. The van der Waals surface area contributed by atoms with Crippen molar-refractivity contribution >= 4 is 64.6 Å². The Morgan fingerprint density at radius 1 is 0.833 bits per heavy atom. The number of methoxy groups -OCH3 is 1. The number of amides is 8. The van der Waals surface area contributed by atoms with E-state index in [1.54, 1.807) is 27.7 Å². The van der Waals surface area contributed by atoms with Crippen LogP contribution >= 0.6 is 0 Å². The van der Waals surface area contributed by atoms with Crippen LogP contribution in [0.3, 0.4) is 0 Å². The SMILES string of the molecule is COc1cccc2c1C(=O)c1c(O)c3c(c(O)c1C2=O)C[C@@](O)(C(=O)CO)C[C@@H]3O[C@@H]1C[C@H](NC(=O)C(CC(C)C)NC(=O)C(NC(=O)CNC(=O)C(O)NC(=O)CNC(=O)CCN2C(=O)C=CC2=O)C(C)C)C(O)C(C)O1. The van der Waals surface area contributed by atoms with Crippen LogP contribution in [-0.2, 0) is 59.0 Å². The van der Waals surface area contributed by atoms with Crippen molar-refractivity contribution < 1.29 is 97.6 Å². The van der Waals surface area contributed by atoms with Gasteiger partial charge in [-0.25, -0.2) is 0 Å². The maximum atomic E-state index is 14.1. The van der Waals surface area contributed by atoms with E-state index >= 15 is 0 Å². The van der Waals surface area contributed by atoms with Crippen LogP contribution in [0.15, 0.2) is 30.4 Å². The molecular weight excluding hydrogens is 1030 g/mol. The van der Waals surface area contributed by atoms with Crippen molar-refractivity contribution in [1.82, 2.24) is 36.8 Å². The summed E-state index contributed by atoms with van der Waals surface area (Å²) in [4.78, 5) is 143. The van der Waals surface area contributed by atoms with Gasteiger partial charge in [0.2, 0.25) is 41.5 Å². The zero-order valence-corrected chi connectivity index (χ0v) is 43.4. The van der Waals surface area contributed by atoms with E-state index in [1.807, 2.05) is 5.32 Å². The fraction of sp³-hybridized carbons (Fsp3) is 0.510. The molecule has 0 radical (unpaired) electrons. The molecule has 12 N–H and O–H groups in total. The molecule has 0 saturated carbocycles. The van der Waals surface area contributed by atoms with Crippen LogP contribution in [0.4, 0.5) is 0 Å². The lowest BCUT2D eigenvalue weighted by molar-refractivity contribution is -0.249. The minimum absolute atomic E-state index is 0.000361. The van der Waals surface area contributed by atoms with Gasteiger partial charge in [0.25, 0.3) is 17.7 Å². The van der Waals surface area contributed by atoms with Crippen molar-refractivity contribution in [3.63, 3.8) is 0 Å². The highest BCUT2D eigenvalue weighted by Crippen LogP contribution is 2.52. The molecule has 5 unspecified atom stereocenters. The highest BCUT2D eigenvalue weighted by molar-refractivity contribution is 6.31. The first-order chi connectivity index (χ1) is 36.7. The Morgan fingerprint density at radius 3 is 2.10 bits per heavy atom. The molecule has 8 amide bonds. The van der Waals surface area contributed by atoms with Crippen LogP contribution in [0.5, 0.6) is 17.2 Å². The second kappa shape index (κ2) is 24.8. The third-order valence-corrected chi connectivity index (χ3v) is 13.6. The first kappa shape index (κ1) is 59.6. The molecule has 1 saturated heterocycles. The lowest BCUT2D eigenvalue weighted by atomic mass is 9.72. The van der Waals surface area contributed by atoms with Crippen LogP contribution in [0.1, 0.15) is 109 Å². The quantitative estimate of drug-likeness (QED) is 0.0268. The summed E-state index contributed by atoms with van der Waals surface area (Å²) in [5, 5.41) is 80.8. The topological polar surface area (TPSA) is 412 Å². The predicted octanol–water partition coefficient (Wildman–Crippen LogP) is -3.19. The van der Waals surface area contributed by atoms with Crippen molar-refractivity contribution in [2.75, 3.05) is 33.4 Å². The Bertz CT molecular complexity index is 2800. The molecule has 6 rings (SSSR count). The van der Waals surface area contributed by atoms with E-state index in [0.717, 1.165) is 17.1 Å². The van der Waals surface area contributed by atoms with E-state index < -0.39 is 180 Å². The van der Waals surface area contributed by atoms with E-state index in [1.165, 1.54) is 32.2 Å². The number of imide groups is 1. The minimum atomic E-state index is -2.46. The maximum Gasteiger partial charge on any atom is 0.270 e. The molecule has 4 aliphatic rings. The lowest BCUT2D eigenvalue weighted by Crippen LogP contribution is -2.60. The van der Waals surface area contributed by atoms with Crippen molar-refractivity contribution in [2.45, 2.75) is 121 Å². The van der Waals surface area contributed by atoms with Crippen molar-refractivity contribution in [3.8, 4) is 17.2 Å². The van der Waals surface area contributed by atoms with Gasteiger partial charge in [0, 0.05) is 61.1 Å². The molecule has 0 bridgehead atoms. The molecule has 2 aliphatic carbocycles. The summed E-state index contributed by atoms with van der Waals surface area (Å²) in [6.45, 7) is 5.21. The lowest BCUT2D eigenvalue weighted by Gasteiger charge is -2.43. The second-order valence-electron chi connectivity index (χ2n) is 20.0. The summed E-state index contributed by atoms with van der Waals surface area (Å²) in [5.41, 5.74) is -4.64. The Kier molecular flexibility index (Phi) is 18.9. The summed E-state index contributed by atoms with van der Waals surface area (Å²) < 4.78 is 17.6. The van der Waals surface area contributed by atoms with Gasteiger partial charge < -0.3 is 76.8 Å². The molecule has 2 aromatic rings. The first-order valence-corrected chi connectivity index (χ1v) is 24.9. The summed E-state index contributed by atoms with van der Waals surface area (Å²) in [5.74, 6) is -12.1. The summed E-state index contributed by atoms with van der Waals surface area (Å²) in [7, 11) is 1.27. The Labute approximate surface area is 445 Å². The third-order valence-electron chi connectivity index (χ3n) is 13.6. The number of hydrogen-bond acceptors (Lipinski definition) is 20. The predicted molar refractivity (Wildman–Crippen MR) is 265 cm³/mol. The van der Waals surface area contributed by atoms with Crippen LogP contribution in [0.25, 0.3) is 0 Å². The average Bonchev–Trinajstić information content (AvgIpc) is 3.73. The van der Waals surface area contributed by atoms with E-state index in [4.69, 9.17) is 14.2 Å². The first-order valence-electron chi connectivity index (χ1n) is 24.9. The fourth-order valence-electron chi connectivity index (χ4n) is 9.53. The van der Waals surface area contributed by atoms with Gasteiger partial charge >= 0.3 is 0 Å². The van der Waals surface area contributed by atoms with Crippen LogP contribution in [0.2, 0.25) is 0 Å². The van der Waals surface area contributed by atoms with Gasteiger partial charge in [-0.15, -0.1) is 0 Å². The fourth-order valence-corrected chi connectivity index (χ4v) is 9.53. The third kappa shape index (κ3) is 13.0. The largest absolute Gasteiger partial charge is 0.507 e. The highest BCUT2D eigenvalue weighted by atomic mass is 16.7. The Morgan fingerprint density at radius 2 is 1.47 bits per heavy atom. The number of Topliss-reactive ketones (excluding diaryl/α,β-unsaturated/α-hetero) is 1. The zero-order valence-electron chi connectivity index (χ0n) is 43.4. The standard InChI is InChI=1S/C51H63N7O20/c1-21(2)14-27(55-48(72)41(22(3)4)56-32(62)19-53-49(73)50(74)57-33(63)18-52-31(61)12-13-58-34(64)10-11-35(58)65)47(71)54-26-15-36(77-23(5)42(26)66)78-29-17-51(75,30(60)20-59)16-25-38(29)46(70)40-39(44(25)68)43(67)24-8-7-9-28(76-6)37(24)45(40)69/h7-11,21-23,26-27,29,36,41-42,50,59,66,68,70,74-75H,12-20H2,1-6H3,(H,52,61)(H,53,73)(H,54,71)(H,55,72)(H,56,62)(H,57,63)/t23?,26-,27?,29-,36+,41?,42?,50?,51-/m0/s1. The van der Waals surface area contributed by atoms with Gasteiger partial charge in [-0.1, -0.05) is 39.8 Å². The van der Waals surface area contributed by atoms with E-state index in [2.05, 4.69) is 26.6 Å². The molecule has 2 aromatic carbocycles. The number of nitrogens with one attached hydrogen (secondary N) is 6. The average molecular weight is 1090 g/mol. The van der Waals surface area contributed by atoms with Crippen LogP contribution in [-0.4, -0.2) is 182 Å². The van der Waals surface area contributed by atoms with Gasteiger partial charge in [0.05, 0.1) is 55.1 Å². The van der Waals surface area contributed by atoms with Gasteiger partial charge in [0.15, 0.2) is 17.9 Å². The molecule has 0 aromatic heterocycles. The number of nitrogens with zero attached hydrogens (tertiary/aromatic N) is 1. The molecule has 9 atom stereocenters.